The molecule has 1 aromatic carbocycles. The van der Waals surface area contributed by atoms with Crippen LogP contribution in [0.2, 0.25) is 10.2 Å². The van der Waals surface area contributed by atoms with Crippen molar-refractivity contribution in [1.29, 1.82) is 0 Å². The molecule has 10 heteroatoms. The zero-order valence-electron chi connectivity index (χ0n) is 13.5. The number of oxime groups is 1. The normalized spacial score (nSPS) is 16.2. The van der Waals surface area contributed by atoms with Crippen molar-refractivity contribution in [2.75, 3.05) is 13.1 Å². The molecule has 1 N–H and O–H groups in total. The summed E-state index contributed by atoms with van der Waals surface area (Å²) in [4.78, 5) is 1.59. The standard InChI is InChI=1S/C16H15Cl2F3N4O/c17-10-4-6-11(7-5-10)25-14(18)12(13(22-25)16(19,20)21)15(23-26)24-8-2-1-3-9-24/h4-7,26H,1-3,8-9H2/b23-15-. The predicted molar refractivity (Wildman–Crippen MR) is 92.3 cm³/mol. The van der Waals surface area contributed by atoms with Crippen molar-refractivity contribution in [2.45, 2.75) is 25.4 Å². The van der Waals surface area contributed by atoms with Crippen LogP contribution in [0.25, 0.3) is 5.69 Å². The molecule has 0 bridgehead atoms. The molecule has 1 aliphatic rings. The molecule has 3 rings (SSSR count). The van der Waals surface area contributed by atoms with Crippen molar-refractivity contribution >= 4 is 29.0 Å². The first-order chi connectivity index (χ1) is 12.3. The Bertz CT molecular complexity index is 812. The number of nitrogens with zero attached hydrogens (tertiary/aromatic N) is 4. The molecule has 0 amide bonds. The van der Waals surface area contributed by atoms with Gasteiger partial charge in [-0.1, -0.05) is 28.4 Å². The molecule has 26 heavy (non-hydrogen) atoms. The second kappa shape index (κ2) is 7.36. The van der Waals surface area contributed by atoms with Gasteiger partial charge >= 0.3 is 6.18 Å². The molecule has 2 heterocycles. The maximum absolute atomic E-state index is 13.6. The summed E-state index contributed by atoms with van der Waals surface area (Å²) in [6.45, 7) is 0.971. The molecule has 0 atom stereocenters. The molecule has 0 saturated carbocycles. The fourth-order valence-electron chi connectivity index (χ4n) is 2.92. The van der Waals surface area contributed by atoms with Gasteiger partial charge in [0.2, 0.25) is 0 Å². The molecule has 0 aliphatic carbocycles. The van der Waals surface area contributed by atoms with Gasteiger partial charge in [-0.15, -0.1) is 0 Å². The summed E-state index contributed by atoms with van der Waals surface area (Å²) in [5.41, 5.74) is -1.32. The molecular formula is C16H15Cl2F3N4O. The third kappa shape index (κ3) is 3.61. The van der Waals surface area contributed by atoms with Crippen LogP contribution in [0.1, 0.15) is 30.5 Å². The lowest BCUT2D eigenvalue weighted by Crippen LogP contribution is -2.37. The van der Waals surface area contributed by atoms with Crippen LogP contribution >= 0.6 is 23.2 Å². The number of halogens is 5. The highest BCUT2D eigenvalue weighted by molar-refractivity contribution is 6.33. The van der Waals surface area contributed by atoms with Gasteiger partial charge in [0, 0.05) is 18.1 Å². The zero-order chi connectivity index (χ0) is 18.9. The number of piperidine rings is 1. The molecule has 5 nitrogen and oxygen atoms in total. The van der Waals surface area contributed by atoms with Crippen LogP contribution < -0.4 is 0 Å². The Morgan fingerprint density at radius 3 is 2.23 bits per heavy atom. The monoisotopic (exact) mass is 406 g/mol. The number of hydrogen-bond acceptors (Lipinski definition) is 3. The quantitative estimate of drug-likeness (QED) is 0.336. The summed E-state index contributed by atoms with van der Waals surface area (Å²) in [5.74, 6) is -0.220. The van der Waals surface area contributed by atoms with Gasteiger partial charge < -0.3 is 10.1 Å². The van der Waals surface area contributed by atoms with E-state index in [2.05, 4.69) is 10.3 Å². The van der Waals surface area contributed by atoms with E-state index >= 15 is 0 Å². The number of likely N-dealkylation sites (tertiary alicyclic amines) is 1. The number of benzene rings is 1. The van der Waals surface area contributed by atoms with Crippen molar-refractivity contribution in [3.05, 3.63) is 45.7 Å². The average Bonchev–Trinajstić information content (AvgIpc) is 2.95. The summed E-state index contributed by atoms with van der Waals surface area (Å²) >= 11 is 12.1. The SMILES string of the molecule is O/N=C(/c1c(C(F)(F)F)nn(-c2ccc(Cl)cc2)c1Cl)N1CCCCC1. The summed E-state index contributed by atoms with van der Waals surface area (Å²) in [6, 6.07) is 6.05. The minimum Gasteiger partial charge on any atom is -0.409 e. The highest BCUT2D eigenvalue weighted by atomic mass is 35.5. The largest absolute Gasteiger partial charge is 0.435 e. The molecular weight excluding hydrogens is 392 g/mol. The topological polar surface area (TPSA) is 53.7 Å². The van der Waals surface area contributed by atoms with E-state index in [-0.39, 0.29) is 11.0 Å². The lowest BCUT2D eigenvalue weighted by atomic mass is 10.1. The van der Waals surface area contributed by atoms with E-state index in [9.17, 15) is 18.4 Å². The van der Waals surface area contributed by atoms with Crippen LogP contribution in [0.3, 0.4) is 0 Å². The minimum absolute atomic E-state index is 0.220. The van der Waals surface area contributed by atoms with Gasteiger partial charge in [0.05, 0.1) is 11.3 Å². The van der Waals surface area contributed by atoms with E-state index in [0.717, 1.165) is 23.9 Å². The first kappa shape index (κ1) is 18.8. The fourth-order valence-corrected chi connectivity index (χ4v) is 3.36. The van der Waals surface area contributed by atoms with E-state index in [4.69, 9.17) is 23.2 Å². The molecule has 0 spiro atoms. The number of aromatic nitrogens is 2. The Morgan fingerprint density at radius 1 is 1.08 bits per heavy atom. The number of rotatable bonds is 2. The molecule has 1 aliphatic heterocycles. The second-order valence-electron chi connectivity index (χ2n) is 5.87. The summed E-state index contributed by atoms with van der Waals surface area (Å²) in [7, 11) is 0. The lowest BCUT2D eigenvalue weighted by Gasteiger charge is -2.29. The van der Waals surface area contributed by atoms with Gasteiger partial charge in [0.15, 0.2) is 11.5 Å². The first-order valence-corrected chi connectivity index (χ1v) is 8.67. The van der Waals surface area contributed by atoms with Gasteiger partial charge in [-0.25, -0.2) is 4.68 Å². The van der Waals surface area contributed by atoms with E-state index in [1.165, 1.54) is 24.3 Å². The van der Waals surface area contributed by atoms with Crippen LogP contribution in [-0.2, 0) is 6.18 Å². The maximum Gasteiger partial charge on any atom is 0.435 e. The van der Waals surface area contributed by atoms with Crippen LogP contribution in [0, 0.1) is 0 Å². The third-order valence-corrected chi connectivity index (χ3v) is 4.74. The molecule has 2 aromatic rings. The lowest BCUT2D eigenvalue weighted by molar-refractivity contribution is -0.141. The van der Waals surface area contributed by atoms with E-state index in [0.29, 0.717) is 23.8 Å². The van der Waals surface area contributed by atoms with Crippen molar-refractivity contribution < 1.29 is 18.4 Å². The minimum atomic E-state index is -4.76. The average molecular weight is 407 g/mol. The summed E-state index contributed by atoms with van der Waals surface area (Å²) in [5, 5.41) is 16.3. The van der Waals surface area contributed by atoms with Gasteiger partial charge in [0.1, 0.15) is 5.15 Å². The molecule has 1 aromatic heterocycles. The Hall–Kier alpha value is -1.93. The molecule has 140 valence electrons. The van der Waals surface area contributed by atoms with Gasteiger partial charge in [-0.2, -0.15) is 18.3 Å². The van der Waals surface area contributed by atoms with Gasteiger partial charge in [-0.05, 0) is 43.5 Å². The number of alkyl halides is 3. The zero-order valence-corrected chi connectivity index (χ0v) is 15.0. The maximum atomic E-state index is 13.6. The van der Waals surface area contributed by atoms with Crippen LogP contribution in [0.15, 0.2) is 29.4 Å². The van der Waals surface area contributed by atoms with Crippen molar-refractivity contribution in [2.24, 2.45) is 5.16 Å². The van der Waals surface area contributed by atoms with Gasteiger partial charge in [0.25, 0.3) is 0 Å². The van der Waals surface area contributed by atoms with Crippen LogP contribution in [-0.4, -0.2) is 38.8 Å². The molecule has 0 radical (unpaired) electrons. The summed E-state index contributed by atoms with van der Waals surface area (Å²) < 4.78 is 41.7. The van der Waals surface area contributed by atoms with E-state index in [1.54, 1.807) is 4.90 Å². The third-order valence-electron chi connectivity index (χ3n) is 4.14. The van der Waals surface area contributed by atoms with E-state index < -0.39 is 17.4 Å². The van der Waals surface area contributed by atoms with E-state index in [1.807, 2.05) is 0 Å². The fraction of sp³-hybridized carbons (Fsp3) is 0.375. The van der Waals surface area contributed by atoms with Crippen molar-refractivity contribution in [3.63, 3.8) is 0 Å². The highest BCUT2D eigenvalue weighted by Crippen LogP contribution is 2.37. The highest BCUT2D eigenvalue weighted by Gasteiger charge is 2.42. The van der Waals surface area contributed by atoms with Crippen molar-refractivity contribution in [1.82, 2.24) is 14.7 Å². The number of hydrogen-bond donors (Lipinski definition) is 1. The second-order valence-corrected chi connectivity index (χ2v) is 6.67. The Morgan fingerprint density at radius 2 is 1.69 bits per heavy atom. The smallest absolute Gasteiger partial charge is 0.409 e. The van der Waals surface area contributed by atoms with Gasteiger partial charge in [-0.3, -0.25) is 0 Å². The first-order valence-electron chi connectivity index (χ1n) is 7.92. The molecule has 1 saturated heterocycles. The molecule has 0 unspecified atom stereocenters. The Kier molecular flexibility index (Phi) is 5.34. The van der Waals surface area contributed by atoms with Crippen LogP contribution in [0.5, 0.6) is 0 Å². The molecule has 1 fully saturated rings. The number of amidine groups is 1. The summed E-state index contributed by atoms with van der Waals surface area (Å²) in [6.07, 6.45) is -2.20. The van der Waals surface area contributed by atoms with Crippen LogP contribution in [0.4, 0.5) is 13.2 Å². The predicted octanol–water partition coefficient (Wildman–Crippen LogP) is 4.82. The Labute approximate surface area is 157 Å². The van der Waals surface area contributed by atoms with Crippen molar-refractivity contribution in [3.8, 4) is 5.69 Å². The Balaban J connectivity index is 2.15.